The number of aliphatic hydroxyl groups is 1. The number of anilines is 2. The van der Waals surface area contributed by atoms with Gasteiger partial charge in [-0.05, 0) is 20.3 Å². The fourth-order valence-corrected chi connectivity index (χ4v) is 2.33. The first-order valence-electron chi connectivity index (χ1n) is 7.17. The van der Waals surface area contributed by atoms with Crippen LogP contribution in [0, 0.1) is 6.92 Å². The number of aryl methyl sites for hydroxylation is 1. The second kappa shape index (κ2) is 5.93. The van der Waals surface area contributed by atoms with E-state index in [-0.39, 0.29) is 6.10 Å². The van der Waals surface area contributed by atoms with E-state index < -0.39 is 5.60 Å². The van der Waals surface area contributed by atoms with Crippen molar-refractivity contribution in [2.24, 2.45) is 0 Å². The lowest BCUT2D eigenvalue weighted by Gasteiger charge is -2.27. The Morgan fingerprint density at radius 2 is 2.25 bits per heavy atom. The molecule has 0 aromatic carbocycles. The molecule has 1 aliphatic heterocycles. The third-order valence-corrected chi connectivity index (χ3v) is 3.92. The Bertz CT molecular complexity index is 480. The highest BCUT2D eigenvalue weighted by Gasteiger charge is 2.39. The van der Waals surface area contributed by atoms with E-state index in [1.807, 2.05) is 13.8 Å². The number of hydrogen-bond acceptors (Lipinski definition) is 6. The number of hydrogen-bond donors (Lipinski definition) is 3. The summed E-state index contributed by atoms with van der Waals surface area (Å²) < 4.78 is 5.43. The predicted octanol–water partition coefficient (Wildman–Crippen LogP) is 1.27. The highest BCUT2D eigenvalue weighted by molar-refractivity contribution is 5.55. The van der Waals surface area contributed by atoms with Gasteiger partial charge in [0.15, 0.2) is 0 Å². The second-order valence-corrected chi connectivity index (χ2v) is 5.47. The van der Waals surface area contributed by atoms with Crippen LogP contribution in [0.2, 0.25) is 0 Å². The lowest BCUT2D eigenvalue weighted by Crippen LogP contribution is -2.43. The Kier molecular flexibility index (Phi) is 4.45. The highest BCUT2D eigenvalue weighted by atomic mass is 16.5. The molecule has 0 spiro atoms. The summed E-state index contributed by atoms with van der Waals surface area (Å²) in [6, 6.07) is 0. The van der Waals surface area contributed by atoms with Gasteiger partial charge in [-0.25, -0.2) is 9.97 Å². The lowest BCUT2D eigenvalue weighted by molar-refractivity contribution is -0.0176. The van der Waals surface area contributed by atoms with Crippen molar-refractivity contribution in [3.05, 3.63) is 11.4 Å². The van der Waals surface area contributed by atoms with Gasteiger partial charge in [-0.1, -0.05) is 6.92 Å². The van der Waals surface area contributed by atoms with E-state index >= 15 is 0 Å². The van der Waals surface area contributed by atoms with Gasteiger partial charge in [0.2, 0.25) is 0 Å². The van der Waals surface area contributed by atoms with Crippen LogP contribution in [0.25, 0.3) is 0 Å². The van der Waals surface area contributed by atoms with Gasteiger partial charge in [-0.15, -0.1) is 0 Å². The summed E-state index contributed by atoms with van der Waals surface area (Å²) in [6.45, 7) is 6.83. The zero-order valence-corrected chi connectivity index (χ0v) is 12.4. The molecular weight excluding hydrogens is 256 g/mol. The summed E-state index contributed by atoms with van der Waals surface area (Å²) in [5.74, 6) is 1.93. The van der Waals surface area contributed by atoms with E-state index in [2.05, 4.69) is 22.2 Å². The molecule has 1 aliphatic rings. The average Bonchev–Trinajstić information content (AvgIpc) is 2.73. The number of nitrogens with zero attached hydrogens (tertiary/aromatic N) is 2. The molecule has 1 aromatic heterocycles. The van der Waals surface area contributed by atoms with Gasteiger partial charge >= 0.3 is 0 Å². The number of aromatic nitrogens is 2. The van der Waals surface area contributed by atoms with Gasteiger partial charge in [0, 0.05) is 31.6 Å². The summed E-state index contributed by atoms with van der Waals surface area (Å²) in [5, 5.41) is 13.7. The average molecular weight is 280 g/mol. The number of nitrogens with one attached hydrogen (secondary N) is 1. The minimum atomic E-state index is -0.850. The largest absolute Gasteiger partial charge is 0.385 e. The van der Waals surface area contributed by atoms with Crippen molar-refractivity contribution in [3.63, 3.8) is 0 Å². The maximum absolute atomic E-state index is 10.5. The normalized spacial score (nSPS) is 25.9. The molecule has 2 unspecified atom stereocenters. The van der Waals surface area contributed by atoms with Crippen molar-refractivity contribution in [3.8, 4) is 0 Å². The molecule has 0 saturated carbocycles. The molecule has 2 atom stereocenters. The van der Waals surface area contributed by atoms with Crippen LogP contribution in [0.4, 0.5) is 11.6 Å². The molecule has 0 amide bonds. The van der Waals surface area contributed by atoms with Crippen molar-refractivity contribution in [2.45, 2.75) is 51.7 Å². The van der Waals surface area contributed by atoms with Crippen LogP contribution in [-0.2, 0) is 11.2 Å². The van der Waals surface area contributed by atoms with Gasteiger partial charge in [-0.2, -0.15) is 0 Å². The molecule has 1 saturated heterocycles. The molecule has 2 rings (SSSR count). The Morgan fingerprint density at radius 3 is 2.85 bits per heavy atom. The molecular formula is C14H24N4O2. The zero-order chi connectivity index (χ0) is 14.8. The minimum absolute atomic E-state index is 0.176. The Labute approximate surface area is 119 Å². The topological polar surface area (TPSA) is 93.3 Å². The first-order chi connectivity index (χ1) is 9.46. The molecule has 2 heterocycles. The first kappa shape index (κ1) is 15.0. The second-order valence-electron chi connectivity index (χ2n) is 5.47. The molecule has 0 bridgehead atoms. The number of ether oxygens (including phenoxy) is 1. The van der Waals surface area contributed by atoms with Crippen molar-refractivity contribution in [1.82, 2.24) is 9.97 Å². The van der Waals surface area contributed by atoms with Crippen molar-refractivity contribution >= 4 is 11.6 Å². The van der Waals surface area contributed by atoms with E-state index in [1.165, 1.54) is 0 Å². The van der Waals surface area contributed by atoms with Crippen LogP contribution < -0.4 is 11.1 Å². The molecule has 6 nitrogen and oxygen atoms in total. The van der Waals surface area contributed by atoms with E-state index in [4.69, 9.17) is 10.5 Å². The summed E-state index contributed by atoms with van der Waals surface area (Å²) in [4.78, 5) is 8.76. The molecule has 0 aliphatic carbocycles. The van der Waals surface area contributed by atoms with E-state index in [0.29, 0.717) is 31.2 Å². The van der Waals surface area contributed by atoms with Gasteiger partial charge in [-0.3, -0.25) is 0 Å². The Balaban J connectivity index is 2.12. The van der Waals surface area contributed by atoms with Gasteiger partial charge < -0.3 is 20.9 Å². The standard InChI is InChI=1S/C14H24N4O2/c1-4-5-11-17-12(15)9(2)13(18-11)16-8-14(19)6-7-20-10(14)3/h10,19H,4-8H2,1-3H3,(H3,15,16,17,18). The lowest BCUT2D eigenvalue weighted by atomic mass is 9.97. The van der Waals surface area contributed by atoms with Crippen molar-refractivity contribution < 1.29 is 9.84 Å². The van der Waals surface area contributed by atoms with Crippen LogP contribution in [0.1, 0.15) is 38.1 Å². The summed E-state index contributed by atoms with van der Waals surface area (Å²) in [5.41, 5.74) is 5.89. The smallest absolute Gasteiger partial charge is 0.134 e. The summed E-state index contributed by atoms with van der Waals surface area (Å²) in [7, 11) is 0. The SMILES string of the molecule is CCCc1nc(N)c(C)c(NCC2(O)CCOC2C)n1. The first-order valence-corrected chi connectivity index (χ1v) is 7.17. The molecule has 20 heavy (non-hydrogen) atoms. The molecule has 0 radical (unpaired) electrons. The summed E-state index contributed by atoms with van der Waals surface area (Å²) >= 11 is 0. The number of rotatable bonds is 5. The third kappa shape index (κ3) is 3.02. The number of nitrogens with two attached hydrogens (primary N) is 1. The summed E-state index contributed by atoms with van der Waals surface area (Å²) in [6.07, 6.45) is 2.21. The fraction of sp³-hybridized carbons (Fsp3) is 0.714. The van der Waals surface area contributed by atoms with E-state index in [9.17, 15) is 5.11 Å². The number of nitrogen functional groups attached to an aromatic ring is 1. The fourth-order valence-electron chi connectivity index (χ4n) is 2.33. The van der Waals surface area contributed by atoms with Gasteiger partial charge in [0.05, 0.1) is 6.10 Å². The van der Waals surface area contributed by atoms with Crippen molar-refractivity contribution in [1.29, 1.82) is 0 Å². The third-order valence-electron chi connectivity index (χ3n) is 3.92. The molecule has 6 heteroatoms. The maximum atomic E-state index is 10.5. The molecule has 1 fully saturated rings. The highest BCUT2D eigenvalue weighted by Crippen LogP contribution is 2.27. The molecule has 4 N–H and O–H groups in total. The van der Waals surface area contributed by atoms with Crippen LogP contribution in [0.5, 0.6) is 0 Å². The predicted molar refractivity (Wildman–Crippen MR) is 78.6 cm³/mol. The molecule has 112 valence electrons. The zero-order valence-electron chi connectivity index (χ0n) is 12.4. The van der Waals surface area contributed by atoms with E-state index in [0.717, 1.165) is 24.2 Å². The van der Waals surface area contributed by atoms with Gasteiger partial charge in [0.25, 0.3) is 0 Å². The van der Waals surface area contributed by atoms with E-state index in [1.54, 1.807) is 0 Å². The minimum Gasteiger partial charge on any atom is -0.385 e. The van der Waals surface area contributed by atoms with Crippen LogP contribution in [0.3, 0.4) is 0 Å². The Hall–Kier alpha value is -1.40. The van der Waals surface area contributed by atoms with Crippen LogP contribution in [-0.4, -0.2) is 39.9 Å². The van der Waals surface area contributed by atoms with Crippen LogP contribution in [0.15, 0.2) is 0 Å². The van der Waals surface area contributed by atoms with Crippen LogP contribution >= 0.6 is 0 Å². The Morgan fingerprint density at radius 1 is 1.50 bits per heavy atom. The maximum Gasteiger partial charge on any atom is 0.134 e. The monoisotopic (exact) mass is 280 g/mol. The van der Waals surface area contributed by atoms with Gasteiger partial charge in [0.1, 0.15) is 23.1 Å². The quantitative estimate of drug-likeness (QED) is 0.752. The molecule has 1 aromatic rings. The van der Waals surface area contributed by atoms with Crippen molar-refractivity contribution in [2.75, 3.05) is 24.2 Å².